The summed E-state index contributed by atoms with van der Waals surface area (Å²) in [6.07, 6.45) is 2.84. The van der Waals surface area contributed by atoms with Gasteiger partial charge in [0.25, 0.3) is 0 Å². The van der Waals surface area contributed by atoms with E-state index >= 15 is 0 Å². The van der Waals surface area contributed by atoms with Gasteiger partial charge in [0.1, 0.15) is 11.6 Å². The van der Waals surface area contributed by atoms with E-state index in [4.69, 9.17) is 4.98 Å². The molecule has 0 spiro atoms. The number of anilines is 2. The summed E-state index contributed by atoms with van der Waals surface area (Å²) in [6.45, 7) is 8.92. The predicted octanol–water partition coefficient (Wildman–Crippen LogP) is 5.07. The fourth-order valence-electron chi connectivity index (χ4n) is 4.21. The Morgan fingerprint density at radius 2 is 1.73 bits per heavy atom. The Hall–Kier alpha value is -3.06. The Kier molecular flexibility index (Phi) is 7.18. The molecule has 172 valence electrons. The molecule has 1 aliphatic rings. The van der Waals surface area contributed by atoms with E-state index in [9.17, 15) is 4.79 Å². The molecule has 3 aromatic rings. The molecule has 1 fully saturated rings. The normalized spacial score (nSPS) is 13.8. The largest absolute Gasteiger partial charge is 0.353 e. The number of benzene rings is 2. The minimum Gasteiger partial charge on any atom is -0.353 e. The highest BCUT2D eigenvalue weighted by Gasteiger charge is 2.25. The maximum absolute atomic E-state index is 12.8. The van der Waals surface area contributed by atoms with Gasteiger partial charge < -0.3 is 15.1 Å². The number of aryl methyl sites for hydroxylation is 3. The summed E-state index contributed by atoms with van der Waals surface area (Å²) in [4.78, 5) is 27.6. The first kappa shape index (κ1) is 23.1. The fourth-order valence-corrected chi connectivity index (χ4v) is 4.62. The summed E-state index contributed by atoms with van der Waals surface area (Å²) in [6, 6.07) is 16.5. The molecule has 6 nitrogen and oxygen atoms in total. The van der Waals surface area contributed by atoms with Gasteiger partial charge in [-0.2, -0.15) is 0 Å². The number of rotatable bonds is 5. The van der Waals surface area contributed by atoms with E-state index < -0.39 is 0 Å². The number of nitrogens with one attached hydrogen (secondary N) is 1. The second-order valence-electron chi connectivity index (χ2n) is 8.46. The number of urea groups is 1. The molecule has 0 radical (unpaired) electrons. The summed E-state index contributed by atoms with van der Waals surface area (Å²) in [5.41, 5.74) is 5.52. The van der Waals surface area contributed by atoms with Crippen molar-refractivity contribution < 1.29 is 4.79 Å². The number of piperazine rings is 1. The van der Waals surface area contributed by atoms with E-state index in [1.54, 1.807) is 11.8 Å². The van der Waals surface area contributed by atoms with Crippen LogP contribution in [0.25, 0.3) is 0 Å². The van der Waals surface area contributed by atoms with Crippen molar-refractivity contribution in [3.05, 3.63) is 76.7 Å². The minimum atomic E-state index is -0.0541. The second-order valence-corrected chi connectivity index (χ2v) is 9.34. The molecule has 2 amide bonds. The predicted molar refractivity (Wildman–Crippen MR) is 137 cm³/mol. The first-order valence-electron chi connectivity index (χ1n) is 11.3. The van der Waals surface area contributed by atoms with Crippen LogP contribution in [-0.4, -0.2) is 53.3 Å². The zero-order valence-corrected chi connectivity index (χ0v) is 20.6. The SMILES string of the molecule is CSc1ccc(NC(=O)N2CCN(c3nc(C)nc(C)c3Cc3cccc(C)c3)CC2)cc1. The molecular formula is C26H31N5OS. The molecule has 1 saturated heterocycles. The van der Waals surface area contributed by atoms with Crippen molar-refractivity contribution in [2.45, 2.75) is 32.1 Å². The van der Waals surface area contributed by atoms with Gasteiger partial charge in [0.2, 0.25) is 0 Å². The van der Waals surface area contributed by atoms with Gasteiger partial charge in [0.05, 0.1) is 0 Å². The highest BCUT2D eigenvalue weighted by atomic mass is 32.2. The van der Waals surface area contributed by atoms with Crippen molar-refractivity contribution in [1.29, 1.82) is 0 Å². The van der Waals surface area contributed by atoms with Crippen molar-refractivity contribution >= 4 is 29.3 Å². The highest BCUT2D eigenvalue weighted by molar-refractivity contribution is 7.98. The zero-order valence-electron chi connectivity index (χ0n) is 19.8. The first-order chi connectivity index (χ1) is 15.9. The Morgan fingerprint density at radius 3 is 2.39 bits per heavy atom. The summed E-state index contributed by atoms with van der Waals surface area (Å²) in [5.74, 6) is 1.78. The molecule has 1 N–H and O–H groups in total. The van der Waals surface area contributed by atoms with Crippen LogP contribution in [0.15, 0.2) is 53.4 Å². The fraction of sp³-hybridized carbons (Fsp3) is 0.346. The van der Waals surface area contributed by atoms with Gasteiger partial charge in [-0.25, -0.2) is 14.8 Å². The van der Waals surface area contributed by atoms with E-state index in [0.29, 0.717) is 13.1 Å². The quantitative estimate of drug-likeness (QED) is 0.538. The van der Waals surface area contributed by atoms with E-state index in [2.05, 4.69) is 53.3 Å². The lowest BCUT2D eigenvalue weighted by atomic mass is 10.0. The zero-order chi connectivity index (χ0) is 23.4. The van der Waals surface area contributed by atoms with Crippen LogP contribution in [-0.2, 0) is 6.42 Å². The third-order valence-electron chi connectivity index (χ3n) is 5.97. The average Bonchev–Trinajstić information content (AvgIpc) is 2.81. The van der Waals surface area contributed by atoms with Crippen LogP contribution >= 0.6 is 11.8 Å². The monoisotopic (exact) mass is 461 g/mol. The molecule has 0 unspecified atom stereocenters. The van der Waals surface area contributed by atoms with Crippen molar-refractivity contribution in [1.82, 2.24) is 14.9 Å². The third kappa shape index (κ3) is 5.66. The molecule has 0 atom stereocenters. The van der Waals surface area contributed by atoms with Crippen molar-refractivity contribution in [3.8, 4) is 0 Å². The van der Waals surface area contributed by atoms with E-state index in [0.717, 1.165) is 48.1 Å². The number of amides is 2. The summed E-state index contributed by atoms with van der Waals surface area (Å²) in [5, 5.41) is 3.02. The van der Waals surface area contributed by atoms with Gasteiger partial charge in [0.15, 0.2) is 0 Å². The highest BCUT2D eigenvalue weighted by Crippen LogP contribution is 2.26. The van der Waals surface area contributed by atoms with Gasteiger partial charge in [-0.05, 0) is 56.9 Å². The van der Waals surface area contributed by atoms with E-state index in [1.807, 2.05) is 42.3 Å². The van der Waals surface area contributed by atoms with Gasteiger partial charge in [0, 0.05) is 54.4 Å². The molecule has 33 heavy (non-hydrogen) atoms. The van der Waals surface area contributed by atoms with E-state index in [-0.39, 0.29) is 6.03 Å². The van der Waals surface area contributed by atoms with Crippen LogP contribution in [0.3, 0.4) is 0 Å². The average molecular weight is 462 g/mol. The molecule has 1 aliphatic heterocycles. The summed E-state index contributed by atoms with van der Waals surface area (Å²) < 4.78 is 0. The number of carbonyl (C=O) groups excluding carboxylic acids is 1. The van der Waals surface area contributed by atoms with Crippen LogP contribution in [0.2, 0.25) is 0 Å². The van der Waals surface area contributed by atoms with Crippen molar-refractivity contribution in [2.24, 2.45) is 0 Å². The maximum atomic E-state index is 12.8. The Balaban J connectivity index is 1.45. The number of thioether (sulfide) groups is 1. The van der Waals surface area contributed by atoms with Gasteiger partial charge >= 0.3 is 6.03 Å². The molecule has 2 heterocycles. The number of nitrogens with zero attached hydrogens (tertiary/aromatic N) is 4. The number of hydrogen-bond acceptors (Lipinski definition) is 5. The standard InChI is InChI=1S/C26H31N5OS/c1-18-6-5-7-21(16-18)17-24-19(2)27-20(3)28-25(24)30-12-14-31(15-13-30)26(32)29-22-8-10-23(33-4)11-9-22/h5-11,16H,12-15,17H2,1-4H3,(H,29,32). The van der Waals surface area contributed by atoms with Crippen molar-refractivity contribution in [3.63, 3.8) is 0 Å². The molecular weight excluding hydrogens is 430 g/mol. The molecule has 0 aliphatic carbocycles. The molecule has 1 aromatic heterocycles. The topological polar surface area (TPSA) is 61.4 Å². The third-order valence-corrected chi connectivity index (χ3v) is 6.72. The minimum absolute atomic E-state index is 0.0541. The van der Waals surface area contributed by atoms with Crippen LogP contribution in [0.1, 0.15) is 28.2 Å². The number of aromatic nitrogens is 2. The Labute approximate surface area is 200 Å². The van der Waals surface area contributed by atoms with Gasteiger partial charge in [-0.3, -0.25) is 0 Å². The summed E-state index contributed by atoms with van der Waals surface area (Å²) in [7, 11) is 0. The second kappa shape index (κ2) is 10.3. The number of carbonyl (C=O) groups is 1. The van der Waals surface area contributed by atoms with Gasteiger partial charge in [-0.1, -0.05) is 29.8 Å². The lowest BCUT2D eigenvalue weighted by Gasteiger charge is -2.36. The van der Waals surface area contributed by atoms with Crippen LogP contribution in [0, 0.1) is 20.8 Å². The maximum Gasteiger partial charge on any atom is 0.321 e. The number of hydrogen-bond donors (Lipinski definition) is 1. The van der Waals surface area contributed by atoms with Crippen LogP contribution in [0.4, 0.5) is 16.3 Å². The Bertz CT molecular complexity index is 1120. The van der Waals surface area contributed by atoms with Gasteiger partial charge in [-0.15, -0.1) is 11.8 Å². The Morgan fingerprint density at radius 1 is 1.00 bits per heavy atom. The van der Waals surface area contributed by atoms with Crippen LogP contribution in [0.5, 0.6) is 0 Å². The molecule has 4 rings (SSSR count). The van der Waals surface area contributed by atoms with Crippen LogP contribution < -0.4 is 10.2 Å². The molecule has 2 aromatic carbocycles. The smallest absolute Gasteiger partial charge is 0.321 e. The molecule has 7 heteroatoms. The lowest BCUT2D eigenvalue weighted by molar-refractivity contribution is 0.208. The molecule has 0 bridgehead atoms. The first-order valence-corrected chi connectivity index (χ1v) is 12.5. The lowest BCUT2D eigenvalue weighted by Crippen LogP contribution is -2.50. The molecule has 0 saturated carbocycles. The van der Waals surface area contributed by atoms with E-state index in [1.165, 1.54) is 16.0 Å². The van der Waals surface area contributed by atoms with Crippen molar-refractivity contribution in [2.75, 3.05) is 42.7 Å². The summed E-state index contributed by atoms with van der Waals surface area (Å²) >= 11 is 1.69.